The minimum atomic E-state index is -3.64. The molecule has 1 aromatic rings. The van der Waals surface area contributed by atoms with Gasteiger partial charge in [-0.2, -0.15) is 0 Å². The van der Waals surface area contributed by atoms with Gasteiger partial charge in [-0.05, 0) is 30.5 Å². The lowest BCUT2D eigenvalue weighted by atomic mass is 10.0. The van der Waals surface area contributed by atoms with Crippen LogP contribution in [0.1, 0.15) is 39.2 Å². The van der Waals surface area contributed by atoms with E-state index in [2.05, 4.69) is 5.32 Å². The molecular weight excluding hydrogens is 354 g/mol. The minimum absolute atomic E-state index is 0.0525. The van der Waals surface area contributed by atoms with Crippen LogP contribution in [0.5, 0.6) is 5.75 Å². The van der Waals surface area contributed by atoms with Crippen molar-refractivity contribution in [3.8, 4) is 5.75 Å². The van der Waals surface area contributed by atoms with Crippen molar-refractivity contribution in [3.63, 3.8) is 0 Å². The van der Waals surface area contributed by atoms with Crippen LogP contribution in [-0.4, -0.2) is 45.4 Å². The Hall–Kier alpha value is -1.64. The quantitative estimate of drug-likeness (QED) is 0.638. The number of nitrogens with one attached hydrogen (secondary N) is 1. The molecule has 0 saturated heterocycles. The number of sulfonamides is 1. The summed E-state index contributed by atoms with van der Waals surface area (Å²) in [5, 5.41) is 2.74. The summed E-state index contributed by atoms with van der Waals surface area (Å²) < 4.78 is 32.2. The molecule has 1 atom stereocenters. The SMILES string of the molecule is CCC(=O)NCc1cc(S(=O)(=O)N(C)CCC(N)C(C)C)ccc1OC. The average molecular weight is 386 g/mol. The summed E-state index contributed by atoms with van der Waals surface area (Å²) in [4.78, 5) is 11.7. The predicted octanol–water partition coefficient (Wildman–Crippen LogP) is 1.72. The number of carbonyl (C=O) groups is 1. The molecule has 0 aromatic heterocycles. The van der Waals surface area contributed by atoms with Crippen LogP contribution in [0.4, 0.5) is 0 Å². The monoisotopic (exact) mass is 385 g/mol. The zero-order valence-electron chi connectivity index (χ0n) is 16.3. The zero-order valence-corrected chi connectivity index (χ0v) is 17.1. The normalized spacial score (nSPS) is 13.1. The molecule has 0 spiro atoms. The Morgan fingerprint density at radius 2 is 2.00 bits per heavy atom. The fourth-order valence-electron chi connectivity index (χ4n) is 2.34. The van der Waals surface area contributed by atoms with Crippen LogP contribution in [0.25, 0.3) is 0 Å². The molecule has 0 saturated carbocycles. The van der Waals surface area contributed by atoms with Gasteiger partial charge in [0.25, 0.3) is 0 Å². The summed E-state index contributed by atoms with van der Waals surface area (Å²) in [5.41, 5.74) is 6.63. The highest BCUT2D eigenvalue weighted by molar-refractivity contribution is 7.89. The van der Waals surface area contributed by atoms with Crippen LogP contribution in [0.2, 0.25) is 0 Å². The topological polar surface area (TPSA) is 102 Å². The lowest BCUT2D eigenvalue weighted by molar-refractivity contribution is -0.120. The Morgan fingerprint density at radius 3 is 2.54 bits per heavy atom. The number of nitrogens with zero attached hydrogens (tertiary/aromatic N) is 1. The summed E-state index contributed by atoms with van der Waals surface area (Å²) in [6.07, 6.45) is 0.947. The number of hydrogen-bond acceptors (Lipinski definition) is 5. The molecule has 0 aliphatic carbocycles. The molecule has 0 fully saturated rings. The predicted molar refractivity (Wildman–Crippen MR) is 102 cm³/mol. The van der Waals surface area contributed by atoms with E-state index in [1.807, 2.05) is 13.8 Å². The van der Waals surface area contributed by atoms with Gasteiger partial charge < -0.3 is 15.8 Å². The molecule has 0 aliphatic heterocycles. The van der Waals surface area contributed by atoms with Crippen molar-refractivity contribution in [1.29, 1.82) is 0 Å². The lowest BCUT2D eigenvalue weighted by Crippen LogP contribution is -2.34. The molecular formula is C18H31N3O4S. The van der Waals surface area contributed by atoms with Gasteiger partial charge >= 0.3 is 0 Å². The summed E-state index contributed by atoms with van der Waals surface area (Å²) in [7, 11) is -0.588. The molecule has 0 heterocycles. The standard InChI is InChI=1S/C18H31N3O4S/c1-6-18(22)20-12-14-11-15(7-8-17(14)25-5)26(23,24)21(4)10-9-16(19)13(2)3/h7-8,11,13,16H,6,9-10,12,19H2,1-5H3,(H,20,22). The van der Waals surface area contributed by atoms with Crippen LogP contribution in [-0.2, 0) is 21.4 Å². The van der Waals surface area contributed by atoms with Gasteiger partial charge in [-0.25, -0.2) is 12.7 Å². The molecule has 0 bridgehead atoms. The highest BCUT2D eigenvalue weighted by Crippen LogP contribution is 2.24. The molecule has 7 nitrogen and oxygen atoms in total. The van der Waals surface area contributed by atoms with Gasteiger partial charge in [0, 0.05) is 38.2 Å². The number of rotatable bonds is 10. The zero-order chi connectivity index (χ0) is 19.9. The average Bonchev–Trinajstić information content (AvgIpc) is 2.62. The van der Waals surface area contributed by atoms with Crippen molar-refractivity contribution in [1.82, 2.24) is 9.62 Å². The van der Waals surface area contributed by atoms with Crippen LogP contribution >= 0.6 is 0 Å². The summed E-state index contributed by atoms with van der Waals surface area (Å²) in [6.45, 7) is 6.33. The van der Waals surface area contributed by atoms with E-state index in [9.17, 15) is 13.2 Å². The van der Waals surface area contributed by atoms with Crippen molar-refractivity contribution < 1.29 is 17.9 Å². The van der Waals surface area contributed by atoms with E-state index in [-0.39, 0.29) is 23.4 Å². The van der Waals surface area contributed by atoms with E-state index in [1.54, 1.807) is 26.1 Å². The number of nitrogens with two attached hydrogens (primary N) is 1. The summed E-state index contributed by atoms with van der Waals surface area (Å²) >= 11 is 0. The first-order chi connectivity index (χ1) is 12.1. The van der Waals surface area contributed by atoms with E-state index in [0.29, 0.717) is 36.6 Å². The van der Waals surface area contributed by atoms with E-state index in [0.717, 1.165) is 0 Å². The Kier molecular flexibility index (Phi) is 8.52. The fraction of sp³-hybridized carbons (Fsp3) is 0.611. The highest BCUT2D eigenvalue weighted by atomic mass is 32.2. The molecule has 8 heteroatoms. The maximum Gasteiger partial charge on any atom is 0.242 e. The molecule has 148 valence electrons. The van der Waals surface area contributed by atoms with Crippen molar-refractivity contribution in [2.24, 2.45) is 11.7 Å². The van der Waals surface area contributed by atoms with Crippen molar-refractivity contribution in [2.45, 2.75) is 51.1 Å². The second kappa shape index (κ2) is 9.89. The molecule has 3 N–H and O–H groups in total. The highest BCUT2D eigenvalue weighted by Gasteiger charge is 2.23. The van der Waals surface area contributed by atoms with Gasteiger partial charge in [-0.1, -0.05) is 20.8 Å². The lowest BCUT2D eigenvalue weighted by Gasteiger charge is -2.22. The third-order valence-corrected chi connectivity index (χ3v) is 6.24. The van der Waals surface area contributed by atoms with Gasteiger partial charge in [0.15, 0.2) is 0 Å². The molecule has 1 aromatic carbocycles. The number of methoxy groups -OCH3 is 1. The summed E-state index contributed by atoms with van der Waals surface area (Å²) in [6, 6.07) is 4.61. The van der Waals surface area contributed by atoms with Gasteiger partial charge in [0.05, 0.1) is 12.0 Å². The van der Waals surface area contributed by atoms with E-state index in [4.69, 9.17) is 10.5 Å². The smallest absolute Gasteiger partial charge is 0.242 e. The largest absolute Gasteiger partial charge is 0.496 e. The second-order valence-electron chi connectivity index (χ2n) is 6.63. The Balaban J connectivity index is 2.99. The van der Waals surface area contributed by atoms with Crippen LogP contribution in [0.15, 0.2) is 23.1 Å². The minimum Gasteiger partial charge on any atom is -0.496 e. The number of carbonyl (C=O) groups excluding carboxylic acids is 1. The molecule has 0 aliphatic rings. The molecule has 1 rings (SSSR count). The Bertz CT molecular complexity index is 704. The molecule has 0 radical (unpaired) electrons. The Morgan fingerprint density at radius 1 is 1.35 bits per heavy atom. The Labute approximate surface area is 156 Å². The fourth-order valence-corrected chi connectivity index (χ4v) is 3.57. The van der Waals surface area contributed by atoms with Gasteiger partial charge in [-0.3, -0.25) is 4.79 Å². The maximum atomic E-state index is 12.8. The van der Waals surface area contributed by atoms with E-state index in [1.165, 1.54) is 17.5 Å². The number of amides is 1. The number of ether oxygens (including phenoxy) is 1. The van der Waals surface area contributed by atoms with Crippen LogP contribution < -0.4 is 15.8 Å². The first-order valence-corrected chi connectivity index (χ1v) is 10.2. The molecule has 26 heavy (non-hydrogen) atoms. The van der Waals surface area contributed by atoms with Gasteiger partial charge in [-0.15, -0.1) is 0 Å². The van der Waals surface area contributed by atoms with Crippen LogP contribution in [0, 0.1) is 5.92 Å². The molecule has 1 amide bonds. The van der Waals surface area contributed by atoms with Crippen molar-refractivity contribution in [2.75, 3.05) is 20.7 Å². The first-order valence-electron chi connectivity index (χ1n) is 8.79. The third kappa shape index (κ3) is 5.96. The van der Waals surface area contributed by atoms with Gasteiger partial charge in [0.1, 0.15) is 5.75 Å². The maximum absolute atomic E-state index is 12.8. The molecule has 1 unspecified atom stereocenters. The van der Waals surface area contributed by atoms with Crippen molar-refractivity contribution >= 4 is 15.9 Å². The van der Waals surface area contributed by atoms with Gasteiger partial charge in [0.2, 0.25) is 15.9 Å². The summed E-state index contributed by atoms with van der Waals surface area (Å²) in [5.74, 6) is 0.714. The van der Waals surface area contributed by atoms with Crippen LogP contribution in [0.3, 0.4) is 0 Å². The first kappa shape index (κ1) is 22.4. The van der Waals surface area contributed by atoms with E-state index >= 15 is 0 Å². The number of hydrogen-bond donors (Lipinski definition) is 2. The second-order valence-corrected chi connectivity index (χ2v) is 8.67. The van der Waals surface area contributed by atoms with E-state index < -0.39 is 10.0 Å². The third-order valence-electron chi connectivity index (χ3n) is 4.39. The van der Waals surface area contributed by atoms with Crippen molar-refractivity contribution in [3.05, 3.63) is 23.8 Å². The number of benzene rings is 1.